The standard InChI is InChI=1S/C8H23NO3Si3/c1-8(10)9-6-5-7-15(4,11-13-2)12-14-3/h5-7,13-14H2,1-4H3,(H,9,10). The lowest BCUT2D eigenvalue weighted by atomic mass is 10.5. The van der Waals surface area contributed by atoms with Crippen molar-refractivity contribution in [1.82, 2.24) is 5.32 Å². The van der Waals surface area contributed by atoms with E-state index in [-0.39, 0.29) is 25.4 Å². The summed E-state index contributed by atoms with van der Waals surface area (Å²) in [5.41, 5.74) is 0. The minimum Gasteiger partial charge on any atom is -0.442 e. The molecule has 7 heteroatoms. The van der Waals surface area contributed by atoms with Gasteiger partial charge >= 0.3 is 8.56 Å². The Balaban J connectivity index is 3.79. The summed E-state index contributed by atoms with van der Waals surface area (Å²) in [6, 6.07) is 0.995. The van der Waals surface area contributed by atoms with Gasteiger partial charge in [0.1, 0.15) is 19.5 Å². The van der Waals surface area contributed by atoms with E-state index < -0.39 is 8.56 Å². The number of hydrogen-bond acceptors (Lipinski definition) is 3. The van der Waals surface area contributed by atoms with Gasteiger partial charge in [0, 0.05) is 13.5 Å². The van der Waals surface area contributed by atoms with Gasteiger partial charge in [-0.1, -0.05) is 13.1 Å². The van der Waals surface area contributed by atoms with E-state index in [2.05, 4.69) is 25.0 Å². The second-order valence-corrected chi connectivity index (χ2v) is 9.82. The normalized spacial score (nSPS) is 16.3. The monoisotopic (exact) mass is 265 g/mol. The fourth-order valence-electron chi connectivity index (χ4n) is 1.47. The molecule has 0 aromatic carbocycles. The van der Waals surface area contributed by atoms with Crippen LogP contribution in [0, 0.1) is 0 Å². The van der Waals surface area contributed by atoms with Crippen molar-refractivity contribution in [3.05, 3.63) is 0 Å². The van der Waals surface area contributed by atoms with Crippen molar-refractivity contribution in [2.45, 2.75) is 39.0 Å². The highest BCUT2D eigenvalue weighted by molar-refractivity contribution is 6.74. The van der Waals surface area contributed by atoms with E-state index in [1.165, 1.54) is 0 Å². The van der Waals surface area contributed by atoms with Gasteiger partial charge < -0.3 is 13.5 Å². The van der Waals surface area contributed by atoms with Crippen molar-refractivity contribution in [2.75, 3.05) is 6.54 Å². The highest BCUT2D eigenvalue weighted by atomic mass is 28.4. The lowest BCUT2D eigenvalue weighted by Gasteiger charge is -2.27. The number of amides is 1. The second-order valence-electron chi connectivity index (χ2n) is 3.59. The number of rotatable bonds is 8. The van der Waals surface area contributed by atoms with Gasteiger partial charge in [-0.25, -0.2) is 0 Å². The molecule has 0 rings (SSSR count). The molecule has 0 fully saturated rings. The fraction of sp³-hybridized carbons (Fsp3) is 0.875. The lowest BCUT2D eigenvalue weighted by molar-refractivity contribution is -0.118. The van der Waals surface area contributed by atoms with Gasteiger partial charge in [0.2, 0.25) is 5.91 Å². The summed E-state index contributed by atoms with van der Waals surface area (Å²) >= 11 is 0. The first kappa shape index (κ1) is 15.0. The van der Waals surface area contributed by atoms with Crippen LogP contribution in [0.2, 0.25) is 25.7 Å². The number of nitrogens with one attached hydrogen (secondary N) is 1. The minimum atomic E-state index is -1.85. The molecule has 0 bridgehead atoms. The fourth-order valence-corrected chi connectivity index (χ4v) is 9.41. The maximum Gasteiger partial charge on any atom is 0.313 e. The summed E-state index contributed by atoms with van der Waals surface area (Å²) in [5, 5.41) is 2.80. The summed E-state index contributed by atoms with van der Waals surface area (Å²) in [7, 11) is -2.63. The van der Waals surface area contributed by atoms with Gasteiger partial charge in [0.25, 0.3) is 0 Å². The molecule has 0 aromatic rings. The van der Waals surface area contributed by atoms with E-state index >= 15 is 0 Å². The van der Waals surface area contributed by atoms with Gasteiger partial charge in [0.05, 0.1) is 0 Å². The van der Waals surface area contributed by atoms with Gasteiger partial charge in [0.15, 0.2) is 0 Å². The smallest absolute Gasteiger partial charge is 0.313 e. The largest absolute Gasteiger partial charge is 0.442 e. The molecule has 1 amide bonds. The van der Waals surface area contributed by atoms with Crippen LogP contribution in [-0.2, 0) is 13.0 Å². The third-order valence-electron chi connectivity index (χ3n) is 2.08. The first-order chi connectivity index (χ1) is 7.04. The predicted molar refractivity (Wildman–Crippen MR) is 70.7 cm³/mol. The molecule has 0 spiro atoms. The molecular formula is C8H23NO3Si3. The average Bonchev–Trinajstić information content (AvgIpc) is 2.13. The Bertz CT molecular complexity index is 186. The van der Waals surface area contributed by atoms with E-state index in [0.29, 0.717) is 0 Å². The van der Waals surface area contributed by atoms with Crippen molar-refractivity contribution < 1.29 is 13.0 Å². The first-order valence-electron chi connectivity index (χ1n) is 5.56. The highest BCUT2D eigenvalue weighted by Crippen LogP contribution is 2.14. The van der Waals surface area contributed by atoms with E-state index in [4.69, 9.17) is 8.23 Å². The quantitative estimate of drug-likeness (QED) is 0.492. The summed E-state index contributed by atoms with van der Waals surface area (Å²) in [5.74, 6) is 0.0370. The minimum absolute atomic E-state index is 0.0370. The molecule has 0 aliphatic carbocycles. The Morgan fingerprint density at radius 1 is 1.33 bits per heavy atom. The summed E-state index contributed by atoms with van der Waals surface area (Å²) in [6.45, 7) is 8.70. The zero-order chi connectivity index (χ0) is 11.7. The SMILES string of the molecule is C[SiH2]O[Si](C)(CCCNC(C)=O)O[SiH2]C. The molecule has 0 aliphatic heterocycles. The van der Waals surface area contributed by atoms with Crippen LogP contribution in [0.1, 0.15) is 13.3 Å². The summed E-state index contributed by atoms with van der Waals surface area (Å²) in [4.78, 5) is 10.7. The molecule has 0 unspecified atom stereocenters. The molecule has 0 aliphatic rings. The van der Waals surface area contributed by atoms with Crippen LogP contribution in [0.4, 0.5) is 0 Å². The molecule has 0 saturated heterocycles. The Morgan fingerprint density at radius 2 is 1.87 bits per heavy atom. The van der Waals surface area contributed by atoms with Gasteiger partial charge in [-0.3, -0.25) is 4.79 Å². The number of hydrogen-bond donors (Lipinski definition) is 1. The van der Waals surface area contributed by atoms with Crippen LogP contribution < -0.4 is 5.32 Å². The van der Waals surface area contributed by atoms with Gasteiger partial charge in [-0.15, -0.1) is 0 Å². The van der Waals surface area contributed by atoms with Crippen LogP contribution in [0.5, 0.6) is 0 Å². The molecule has 1 N–H and O–H groups in total. The zero-order valence-electron chi connectivity index (χ0n) is 10.3. The van der Waals surface area contributed by atoms with Crippen LogP contribution in [0.3, 0.4) is 0 Å². The van der Waals surface area contributed by atoms with Crippen molar-refractivity contribution in [1.29, 1.82) is 0 Å². The Morgan fingerprint density at radius 3 is 2.27 bits per heavy atom. The zero-order valence-corrected chi connectivity index (χ0v) is 14.1. The number of carbonyl (C=O) groups is 1. The average molecular weight is 266 g/mol. The van der Waals surface area contributed by atoms with Crippen LogP contribution in [-0.4, -0.2) is 40.5 Å². The molecule has 4 nitrogen and oxygen atoms in total. The lowest BCUT2D eigenvalue weighted by Crippen LogP contribution is -2.41. The number of carbonyl (C=O) groups excluding carboxylic acids is 1. The molecule has 0 saturated carbocycles. The molecule has 0 atom stereocenters. The topological polar surface area (TPSA) is 47.6 Å². The van der Waals surface area contributed by atoms with Crippen molar-refractivity contribution >= 4 is 34.0 Å². The van der Waals surface area contributed by atoms with Gasteiger partial charge in [-0.05, 0) is 19.0 Å². The molecule has 0 aromatic heterocycles. The molecule has 15 heavy (non-hydrogen) atoms. The Labute approximate surface area is 98.3 Å². The van der Waals surface area contributed by atoms with Gasteiger partial charge in [-0.2, -0.15) is 0 Å². The van der Waals surface area contributed by atoms with Crippen LogP contribution in [0.15, 0.2) is 0 Å². The predicted octanol–water partition coefficient (Wildman–Crippen LogP) is -0.118. The Kier molecular flexibility index (Phi) is 8.24. The van der Waals surface area contributed by atoms with Crippen LogP contribution in [0.25, 0.3) is 0 Å². The summed E-state index contributed by atoms with van der Waals surface area (Å²) < 4.78 is 11.7. The molecular weight excluding hydrogens is 242 g/mol. The van der Waals surface area contributed by atoms with E-state index in [9.17, 15) is 4.79 Å². The van der Waals surface area contributed by atoms with Crippen LogP contribution >= 0.6 is 0 Å². The van der Waals surface area contributed by atoms with Crippen molar-refractivity contribution in [2.24, 2.45) is 0 Å². The second kappa shape index (κ2) is 8.22. The molecule has 90 valence electrons. The summed E-state index contributed by atoms with van der Waals surface area (Å²) in [6.07, 6.45) is 0.963. The van der Waals surface area contributed by atoms with E-state index in [0.717, 1.165) is 19.0 Å². The Hall–Kier alpha value is 0.0406. The molecule has 0 radical (unpaired) electrons. The van der Waals surface area contributed by atoms with E-state index in [1.807, 2.05) is 0 Å². The third kappa shape index (κ3) is 7.91. The van der Waals surface area contributed by atoms with Crippen molar-refractivity contribution in [3.8, 4) is 0 Å². The molecule has 0 heterocycles. The third-order valence-corrected chi connectivity index (χ3v) is 10.5. The highest BCUT2D eigenvalue weighted by Gasteiger charge is 2.28. The van der Waals surface area contributed by atoms with Crippen molar-refractivity contribution in [3.63, 3.8) is 0 Å². The maximum atomic E-state index is 10.7. The first-order valence-corrected chi connectivity index (χ1v) is 12.1. The van der Waals surface area contributed by atoms with E-state index in [1.54, 1.807) is 6.92 Å². The maximum absolute atomic E-state index is 10.7.